The fourth-order valence-electron chi connectivity index (χ4n) is 4.31. The highest BCUT2D eigenvalue weighted by Gasteiger charge is 2.30. The highest BCUT2D eigenvalue weighted by molar-refractivity contribution is 7.92. The summed E-state index contributed by atoms with van der Waals surface area (Å²) in [5.74, 6) is -0.846. The molecule has 1 aromatic heterocycles. The Hall–Kier alpha value is -2.82. The smallest absolute Gasteiger partial charge is 0.266 e. The summed E-state index contributed by atoms with van der Waals surface area (Å²) in [4.78, 5) is 3.42. The van der Waals surface area contributed by atoms with Gasteiger partial charge in [-0.05, 0) is 61.2 Å². The first kappa shape index (κ1) is 25.3. The van der Waals surface area contributed by atoms with E-state index in [4.69, 9.17) is 4.74 Å². The maximum atomic E-state index is 14.9. The van der Waals surface area contributed by atoms with E-state index in [0.29, 0.717) is 5.56 Å². The van der Waals surface area contributed by atoms with Gasteiger partial charge in [0.15, 0.2) is 5.82 Å². The molecule has 1 heterocycles. The van der Waals surface area contributed by atoms with Crippen molar-refractivity contribution in [1.29, 1.82) is 0 Å². The minimum absolute atomic E-state index is 0.0497. The zero-order chi connectivity index (χ0) is 25.0. The van der Waals surface area contributed by atoms with Gasteiger partial charge in [-0.2, -0.15) is 0 Å². The number of aryl methyl sites for hydroxylation is 1. The average Bonchev–Trinajstić information content (AvgIpc) is 3.33. The van der Waals surface area contributed by atoms with Gasteiger partial charge in [-0.3, -0.25) is 4.72 Å². The topological polar surface area (TPSA) is 80.3 Å². The van der Waals surface area contributed by atoms with Crippen molar-refractivity contribution >= 4 is 32.8 Å². The summed E-state index contributed by atoms with van der Waals surface area (Å²) in [7, 11) is -4.14. The highest BCUT2D eigenvalue weighted by atomic mass is 32.2. The second-order valence-electron chi connectivity index (χ2n) is 8.35. The lowest BCUT2D eigenvalue weighted by Gasteiger charge is -2.33. The lowest BCUT2D eigenvalue weighted by molar-refractivity contribution is 0.234. The summed E-state index contributed by atoms with van der Waals surface area (Å²) in [5.41, 5.74) is 3.94. The molecule has 0 fully saturated rings. The third-order valence-electron chi connectivity index (χ3n) is 5.98. The van der Waals surface area contributed by atoms with Crippen LogP contribution in [0.4, 0.5) is 14.6 Å². The van der Waals surface area contributed by atoms with Crippen LogP contribution in [0.15, 0.2) is 58.3 Å². The van der Waals surface area contributed by atoms with Crippen LogP contribution < -0.4 is 14.8 Å². The number of anilines is 1. The van der Waals surface area contributed by atoms with E-state index in [1.54, 1.807) is 19.1 Å². The molecule has 2 N–H and O–H groups in total. The molecule has 1 aliphatic carbocycles. The fraction of sp³-hybridized carbons (Fsp3) is 0.320. The van der Waals surface area contributed by atoms with E-state index in [9.17, 15) is 17.2 Å². The number of hydrogen-bond donors (Lipinski definition) is 2. The number of sulfonamides is 1. The quantitative estimate of drug-likeness (QED) is 0.397. The van der Waals surface area contributed by atoms with Gasteiger partial charge in [0.1, 0.15) is 22.3 Å². The lowest BCUT2D eigenvalue weighted by Crippen LogP contribution is -2.41. The van der Waals surface area contributed by atoms with Crippen molar-refractivity contribution in [3.05, 3.63) is 76.1 Å². The van der Waals surface area contributed by atoms with Crippen molar-refractivity contribution < 1.29 is 21.9 Å². The molecule has 35 heavy (non-hydrogen) atoms. The Kier molecular flexibility index (Phi) is 7.83. The minimum atomic E-state index is -4.14. The van der Waals surface area contributed by atoms with Crippen LogP contribution in [0.1, 0.15) is 30.9 Å². The number of ether oxygens (including phenoxy) is 1. The molecule has 6 nitrogen and oxygen atoms in total. The van der Waals surface area contributed by atoms with Crippen molar-refractivity contribution in [2.24, 2.45) is 5.92 Å². The number of nitrogens with zero attached hydrogens (tertiary/aromatic N) is 1. The van der Waals surface area contributed by atoms with E-state index in [1.807, 2.05) is 6.92 Å². The van der Waals surface area contributed by atoms with Crippen LogP contribution in [0.25, 0.3) is 5.57 Å². The molecule has 3 aromatic rings. The number of aromatic nitrogens is 1. The highest BCUT2D eigenvalue weighted by Crippen LogP contribution is 2.35. The first-order chi connectivity index (χ1) is 16.8. The SMILES string of the molecule is CCN[C@@H]1CCC=C(c2ccc(F)cc2)C1COc1cc(F)c(S(=O)(=O)Nc2cscn2)cc1C. The van der Waals surface area contributed by atoms with Gasteiger partial charge in [-0.25, -0.2) is 22.2 Å². The molecule has 2 aromatic carbocycles. The summed E-state index contributed by atoms with van der Waals surface area (Å²) in [5, 5.41) is 5.02. The number of allylic oxidation sites excluding steroid dienone is 1. The number of benzene rings is 2. The van der Waals surface area contributed by atoms with Crippen molar-refractivity contribution in [1.82, 2.24) is 10.3 Å². The molecule has 0 spiro atoms. The average molecular weight is 520 g/mol. The van der Waals surface area contributed by atoms with Crippen LogP contribution in [0.3, 0.4) is 0 Å². The first-order valence-corrected chi connectivity index (χ1v) is 13.7. The molecule has 1 aliphatic rings. The predicted octanol–water partition coefficient (Wildman–Crippen LogP) is 5.38. The van der Waals surface area contributed by atoms with Crippen molar-refractivity contribution in [3.8, 4) is 5.75 Å². The zero-order valence-electron chi connectivity index (χ0n) is 19.4. The molecule has 2 atom stereocenters. The Morgan fingerprint density at radius 3 is 2.66 bits per heavy atom. The largest absolute Gasteiger partial charge is 0.493 e. The lowest BCUT2D eigenvalue weighted by atomic mass is 9.80. The number of hydrogen-bond acceptors (Lipinski definition) is 6. The zero-order valence-corrected chi connectivity index (χ0v) is 21.1. The van der Waals surface area contributed by atoms with Gasteiger partial charge in [0.25, 0.3) is 10.0 Å². The molecule has 0 radical (unpaired) electrons. The fourth-order valence-corrected chi connectivity index (χ4v) is 6.01. The number of thiazole rings is 1. The molecular formula is C25H27F2N3O3S2. The molecule has 4 rings (SSSR count). The van der Waals surface area contributed by atoms with Gasteiger partial charge < -0.3 is 10.1 Å². The number of rotatable bonds is 9. The molecule has 1 unspecified atom stereocenters. The molecule has 0 amide bonds. The van der Waals surface area contributed by atoms with Gasteiger partial charge >= 0.3 is 0 Å². The third kappa shape index (κ3) is 5.88. The van der Waals surface area contributed by atoms with Gasteiger partial charge in [0.05, 0.1) is 12.1 Å². The summed E-state index contributed by atoms with van der Waals surface area (Å²) >= 11 is 1.23. The van der Waals surface area contributed by atoms with E-state index in [0.717, 1.165) is 36.6 Å². The summed E-state index contributed by atoms with van der Waals surface area (Å²) in [6.07, 6.45) is 3.94. The van der Waals surface area contributed by atoms with Gasteiger partial charge in [0.2, 0.25) is 0 Å². The molecule has 0 saturated heterocycles. The van der Waals surface area contributed by atoms with Crippen molar-refractivity contribution in [2.45, 2.75) is 37.6 Å². The van der Waals surface area contributed by atoms with Crippen LogP contribution in [0.5, 0.6) is 5.75 Å². The second kappa shape index (κ2) is 10.8. The van der Waals surface area contributed by atoms with Crippen LogP contribution in [0, 0.1) is 24.5 Å². The first-order valence-electron chi connectivity index (χ1n) is 11.3. The van der Waals surface area contributed by atoms with E-state index in [-0.39, 0.29) is 36.0 Å². The summed E-state index contributed by atoms with van der Waals surface area (Å²) in [6, 6.07) is 8.88. The minimum Gasteiger partial charge on any atom is -0.493 e. The maximum Gasteiger partial charge on any atom is 0.266 e. The standard InChI is InChI=1S/C25H27F2N3O3S2/c1-3-28-22-6-4-5-19(17-7-9-18(26)10-8-17)20(22)13-33-23-12-21(27)24(11-16(23)2)35(31,32)30-25-14-34-15-29-25/h5,7-12,14-15,20,22,28,30H,3-4,6,13H2,1-2H3/t20?,22-/m1/s1. The van der Waals surface area contributed by atoms with Gasteiger partial charge in [-0.1, -0.05) is 25.1 Å². The van der Waals surface area contributed by atoms with E-state index in [1.165, 1.54) is 40.4 Å². The van der Waals surface area contributed by atoms with Crippen LogP contribution >= 0.6 is 11.3 Å². The van der Waals surface area contributed by atoms with Gasteiger partial charge in [-0.15, -0.1) is 11.3 Å². The van der Waals surface area contributed by atoms with E-state index in [2.05, 4.69) is 21.1 Å². The Morgan fingerprint density at radius 1 is 1.20 bits per heavy atom. The summed E-state index contributed by atoms with van der Waals surface area (Å²) in [6.45, 7) is 4.75. The van der Waals surface area contributed by atoms with Crippen LogP contribution in [-0.4, -0.2) is 32.6 Å². The van der Waals surface area contributed by atoms with E-state index >= 15 is 0 Å². The predicted molar refractivity (Wildman–Crippen MR) is 134 cm³/mol. The molecule has 0 aliphatic heterocycles. The Morgan fingerprint density at radius 2 is 1.97 bits per heavy atom. The monoisotopic (exact) mass is 519 g/mol. The Bertz CT molecular complexity index is 1290. The maximum absolute atomic E-state index is 14.9. The number of nitrogens with one attached hydrogen (secondary N) is 2. The molecule has 10 heteroatoms. The van der Waals surface area contributed by atoms with Gasteiger partial charge in [0, 0.05) is 23.4 Å². The number of halogens is 2. The second-order valence-corrected chi connectivity index (χ2v) is 10.7. The normalized spacial score (nSPS) is 18.2. The summed E-state index contributed by atoms with van der Waals surface area (Å²) < 4.78 is 62.1. The van der Waals surface area contributed by atoms with Crippen LogP contribution in [-0.2, 0) is 10.0 Å². The Balaban J connectivity index is 1.56. The van der Waals surface area contributed by atoms with Crippen LogP contribution in [0.2, 0.25) is 0 Å². The van der Waals surface area contributed by atoms with Crippen molar-refractivity contribution in [3.63, 3.8) is 0 Å². The third-order valence-corrected chi connectivity index (χ3v) is 7.94. The molecule has 0 bridgehead atoms. The molecular weight excluding hydrogens is 492 g/mol. The van der Waals surface area contributed by atoms with Crippen molar-refractivity contribution in [2.75, 3.05) is 17.9 Å². The molecule has 0 saturated carbocycles. The molecule has 186 valence electrons. The Labute approximate surface area is 208 Å². The van der Waals surface area contributed by atoms with E-state index < -0.39 is 20.7 Å².